The van der Waals surface area contributed by atoms with Crippen LogP contribution in [0.2, 0.25) is 0 Å². The van der Waals surface area contributed by atoms with Crippen molar-refractivity contribution in [3.8, 4) is 12.3 Å². The lowest BCUT2D eigenvalue weighted by molar-refractivity contribution is -0.180. The number of methoxy groups -OCH3 is 2. The molecule has 1 aromatic rings. The molecule has 1 aliphatic rings. The van der Waals surface area contributed by atoms with Gasteiger partial charge in [-0.1, -0.05) is 36.4 Å². The number of hydrogen-bond donors (Lipinski definition) is 0. The van der Waals surface area contributed by atoms with E-state index in [0.717, 1.165) is 5.56 Å². The van der Waals surface area contributed by atoms with Crippen molar-refractivity contribution in [1.82, 2.24) is 0 Å². The Bertz CT molecular complexity index is 672. The van der Waals surface area contributed by atoms with Gasteiger partial charge in [0.05, 0.1) is 27.4 Å². The minimum atomic E-state index is -1.64. The van der Waals surface area contributed by atoms with Crippen LogP contribution in [0.4, 0.5) is 0 Å². The van der Waals surface area contributed by atoms with E-state index in [0.29, 0.717) is 6.61 Å². The molecule has 0 aromatic heterocycles. The lowest BCUT2D eigenvalue weighted by Gasteiger charge is -2.35. The molecule has 0 spiro atoms. The highest BCUT2D eigenvalue weighted by molar-refractivity contribution is 6.01. The summed E-state index contributed by atoms with van der Waals surface area (Å²) in [6, 6.07) is 9.67. The SMILES string of the molecule is C#CCC(C(=O)OC)(C(=O)OC)[C@@H]1C=C[C@@H](OCc2ccccc2)OC1. The summed E-state index contributed by atoms with van der Waals surface area (Å²) >= 11 is 0. The van der Waals surface area contributed by atoms with Gasteiger partial charge in [-0.05, 0) is 11.6 Å². The van der Waals surface area contributed by atoms with Crippen molar-refractivity contribution < 1.29 is 28.5 Å². The lowest BCUT2D eigenvalue weighted by atomic mass is 9.72. The molecule has 1 heterocycles. The Labute approximate surface area is 153 Å². The zero-order valence-corrected chi connectivity index (χ0v) is 14.8. The summed E-state index contributed by atoms with van der Waals surface area (Å²) in [6.45, 7) is 0.450. The summed E-state index contributed by atoms with van der Waals surface area (Å²) in [5.74, 6) is 0.264. The molecular formula is C20H22O6. The highest BCUT2D eigenvalue weighted by atomic mass is 16.7. The average molecular weight is 358 g/mol. The van der Waals surface area contributed by atoms with Crippen LogP contribution in [-0.2, 0) is 35.1 Å². The molecule has 0 unspecified atom stereocenters. The summed E-state index contributed by atoms with van der Waals surface area (Å²) in [4.78, 5) is 24.8. The smallest absolute Gasteiger partial charge is 0.324 e. The second-order valence-corrected chi connectivity index (χ2v) is 5.83. The van der Waals surface area contributed by atoms with Crippen LogP contribution in [0.25, 0.3) is 0 Å². The molecule has 6 nitrogen and oxygen atoms in total. The second kappa shape index (κ2) is 9.18. The van der Waals surface area contributed by atoms with Gasteiger partial charge in [-0.3, -0.25) is 9.59 Å². The molecule has 0 saturated carbocycles. The summed E-state index contributed by atoms with van der Waals surface area (Å²) in [5.41, 5.74) is -0.628. The van der Waals surface area contributed by atoms with Crippen molar-refractivity contribution in [3.63, 3.8) is 0 Å². The topological polar surface area (TPSA) is 71.1 Å². The molecule has 0 N–H and O–H groups in total. The third kappa shape index (κ3) is 4.13. The summed E-state index contributed by atoms with van der Waals surface area (Å²) < 4.78 is 21.0. The van der Waals surface area contributed by atoms with Crippen LogP contribution in [0.5, 0.6) is 0 Å². The van der Waals surface area contributed by atoms with Gasteiger partial charge in [-0.2, -0.15) is 0 Å². The fourth-order valence-corrected chi connectivity index (χ4v) is 2.88. The summed E-state index contributed by atoms with van der Waals surface area (Å²) in [6.07, 6.45) is 8.02. The Morgan fingerprint density at radius 2 is 1.85 bits per heavy atom. The molecule has 2 rings (SSSR count). The van der Waals surface area contributed by atoms with Crippen molar-refractivity contribution in [2.75, 3.05) is 20.8 Å². The number of hydrogen-bond acceptors (Lipinski definition) is 6. The van der Waals surface area contributed by atoms with Gasteiger partial charge in [0.25, 0.3) is 0 Å². The van der Waals surface area contributed by atoms with E-state index in [9.17, 15) is 9.59 Å². The molecule has 0 radical (unpaired) electrons. The molecule has 138 valence electrons. The predicted molar refractivity (Wildman–Crippen MR) is 93.5 cm³/mol. The van der Waals surface area contributed by atoms with Crippen molar-refractivity contribution in [2.45, 2.75) is 19.3 Å². The number of carbonyl (C=O) groups excluding carboxylic acids is 2. The van der Waals surface area contributed by atoms with Gasteiger partial charge in [0.2, 0.25) is 0 Å². The number of ether oxygens (including phenoxy) is 4. The molecule has 6 heteroatoms. The van der Waals surface area contributed by atoms with Gasteiger partial charge in [-0.15, -0.1) is 12.3 Å². The molecule has 1 aromatic carbocycles. The first-order valence-electron chi connectivity index (χ1n) is 8.14. The molecule has 0 bridgehead atoms. The molecule has 1 aliphatic heterocycles. The maximum absolute atomic E-state index is 12.4. The second-order valence-electron chi connectivity index (χ2n) is 5.83. The van der Waals surface area contributed by atoms with E-state index in [1.54, 1.807) is 12.2 Å². The first kappa shape index (κ1) is 19.7. The molecular weight excluding hydrogens is 336 g/mol. The van der Waals surface area contributed by atoms with Crippen molar-refractivity contribution in [2.24, 2.45) is 11.3 Å². The number of terminal acetylenes is 1. The van der Waals surface area contributed by atoms with Gasteiger partial charge >= 0.3 is 11.9 Å². The summed E-state index contributed by atoms with van der Waals surface area (Å²) in [5, 5.41) is 0. The van der Waals surface area contributed by atoms with E-state index in [1.165, 1.54) is 14.2 Å². The van der Waals surface area contributed by atoms with E-state index in [-0.39, 0.29) is 13.0 Å². The largest absolute Gasteiger partial charge is 0.468 e. The Kier molecular flexibility index (Phi) is 6.96. The molecule has 2 atom stereocenters. The molecule has 0 amide bonds. The molecule has 26 heavy (non-hydrogen) atoms. The third-order valence-corrected chi connectivity index (χ3v) is 4.31. The van der Waals surface area contributed by atoms with E-state index >= 15 is 0 Å². The number of carbonyl (C=O) groups is 2. The van der Waals surface area contributed by atoms with E-state index in [4.69, 9.17) is 25.4 Å². The standard InChI is InChI=1S/C20H22O6/c1-4-12-20(18(21)23-2,19(22)24-3)16-10-11-17(26-14-16)25-13-15-8-6-5-7-9-15/h1,5-11,16-17H,12-14H2,2-3H3/t16-,17+/m1/s1. The maximum Gasteiger partial charge on any atom is 0.324 e. The van der Waals surface area contributed by atoms with Gasteiger partial charge in [-0.25, -0.2) is 0 Å². The fraction of sp³-hybridized carbons (Fsp3) is 0.400. The Morgan fingerprint density at radius 3 is 2.35 bits per heavy atom. The van der Waals surface area contributed by atoms with Gasteiger partial charge in [0.15, 0.2) is 11.7 Å². The van der Waals surface area contributed by atoms with E-state index in [2.05, 4.69) is 5.92 Å². The van der Waals surface area contributed by atoms with E-state index in [1.807, 2.05) is 30.3 Å². The number of benzene rings is 1. The van der Waals surface area contributed by atoms with Crippen LogP contribution in [0.1, 0.15) is 12.0 Å². The zero-order valence-electron chi connectivity index (χ0n) is 14.8. The van der Waals surface area contributed by atoms with E-state index < -0.39 is 29.6 Å². The van der Waals surface area contributed by atoms with Gasteiger partial charge < -0.3 is 18.9 Å². The van der Waals surface area contributed by atoms with Gasteiger partial charge in [0, 0.05) is 12.3 Å². The Balaban J connectivity index is 2.13. The maximum atomic E-state index is 12.4. The highest BCUT2D eigenvalue weighted by Crippen LogP contribution is 2.38. The summed E-state index contributed by atoms with van der Waals surface area (Å²) in [7, 11) is 2.41. The van der Waals surface area contributed by atoms with Crippen LogP contribution in [-0.4, -0.2) is 39.1 Å². The van der Waals surface area contributed by atoms with Crippen molar-refractivity contribution in [3.05, 3.63) is 48.0 Å². The Hall–Kier alpha value is -2.62. The predicted octanol–water partition coefficient (Wildman–Crippen LogP) is 2.09. The fourth-order valence-electron chi connectivity index (χ4n) is 2.88. The third-order valence-electron chi connectivity index (χ3n) is 4.31. The monoisotopic (exact) mass is 358 g/mol. The molecule has 0 saturated heterocycles. The van der Waals surface area contributed by atoms with Crippen LogP contribution < -0.4 is 0 Å². The first-order valence-corrected chi connectivity index (χ1v) is 8.14. The van der Waals surface area contributed by atoms with Crippen molar-refractivity contribution in [1.29, 1.82) is 0 Å². The quantitative estimate of drug-likeness (QED) is 0.322. The van der Waals surface area contributed by atoms with Crippen LogP contribution in [0.3, 0.4) is 0 Å². The Morgan fingerprint density at radius 1 is 1.19 bits per heavy atom. The zero-order chi connectivity index (χ0) is 19.0. The highest BCUT2D eigenvalue weighted by Gasteiger charge is 2.54. The van der Waals surface area contributed by atoms with Crippen LogP contribution in [0.15, 0.2) is 42.5 Å². The van der Waals surface area contributed by atoms with Crippen molar-refractivity contribution >= 4 is 11.9 Å². The van der Waals surface area contributed by atoms with Gasteiger partial charge in [0.1, 0.15) is 0 Å². The lowest BCUT2D eigenvalue weighted by Crippen LogP contribution is -2.49. The molecule has 0 fully saturated rings. The number of esters is 2. The molecule has 0 aliphatic carbocycles. The minimum Gasteiger partial charge on any atom is -0.468 e. The number of rotatable bonds is 7. The minimum absolute atomic E-state index is 0.0713. The normalized spacial score (nSPS) is 19.4. The van der Waals surface area contributed by atoms with Crippen LogP contribution in [0, 0.1) is 23.7 Å². The first-order chi connectivity index (χ1) is 12.6. The average Bonchev–Trinajstić information content (AvgIpc) is 2.70. The van der Waals surface area contributed by atoms with Crippen LogP contribution >= 0.6 is 0 Å².